The fourth-order valence-electron chi connectivity index (χ4n) is 0.887. The van der Waals surface area contributed by atoms with Gasteiger partial charge < -0.3 is 16.2 Å². The molecule has 1 rings (SSSR count). The second kappa shape index (κ2) is 3.58. The molecule has 0 amide bonds. The Morgan fingerprint density at radius 3 is 2.70 bits per heavy atom. The van der Waals surface area contributed by atoms with Gasteiger partial charge in [-0.1, -0.05) is 0 Å². The second-order valence-corrected chi connectivity index (χ2v) is 2.38. The van der Waals surface area contributed by atoms with E-state index >= 15 is 0 Å². The highest BCUT2D eigenvalue weighted by atomic mass is 16.5. The van der Waals surface area contributed by atoms with Crippen LogP contribution in [0.15, 0.2) is 11.3 Å². The zero-order valence-corrected chi connectivity index (χ0v) is 6.10. The van der Waals surface area contributed by atoms with E-state index in [0.717, 1.165) is 25.1 Å². The molecule has 3 nitrogen and oxygen atoms in total. The number of nitrogens with two attached hydrogens (primary N) is 2. The second-order valence-electron chi connectivity index (χ2n) is 2.38. The van der Waals surface area contributed by atoms with E-state index in [1.54, 1.807) is 0 Å². The predicted molar refractivity (Wildman–Crippen MR) is 40.3 cm³/mol. The molecule has 0 saturated carbocycles. The summed E-state index contributed by atoms with van der Waals surface area (Å²) < 4.78 is 5.27. The van der Waals surface area contributed by atoms with E-state index in [2.05, 4.69) is 0 Å². The van der Waals surface area contributed by atoms with Gasteiger partial charge in [0, 0.05) is 13.0 Å². The number of ether oxygens (including phenoxy) is 1. The summed E-state index contributed by atoms with van der Waals surface area (Å²) in [5.74, 6) is 1.12. The Hall–Kier alpha value is -0.540. The zero-order chi connectivity index (χ0) is 7.40. The van der Waals surface area contributed by atoms with Crippen LogP contribution in [0.1, 0.15) is 12.8 Å². The largest absolute Gasteiger partial charge is 0.496 e. The van der Waals surface area contributed by atoms with Gasteiger partial charge >= 0.3 is 0 Å². The molecule has 0 unspecified atom stereocenters. The minimum atomic E-state index is 0.597. The van der Waals surface area contributed by atoms with Crippen molar-refractivity contribution in [3.05, 3.63) is 11.3 Å². The van der Waals surface area contributed by atoms with Crippen molar-refractivity contribution in [2.24, 2.45) is 11.5 Å². The maximum Gasteiger partial charge on any atom is 0.0999 e. The molecule has 58 valence electrons. The van der Waals surface area contributed by atoms with Crippen molar-refractivity contribution >= 4 is 0 Å². The van der Waals surface area contributed by atoms with Gasteiger partial charge in [0.25, 0.3) is 0 Å². The van der Waals surface area contributed by atoms with Crippen LogP contribution in [0.5, 0.6) is 0 Å². The number of allylic oxidation sites excluding steroid dienone is 1. The van der Waals surface area contributed by atoms with Crippen LogP contribution in [0.25, 0.3) is 0 Å². The van der Waals surface area contributed by atoms with Crippen LogP contribution >= 0.6 is 0 Å². The van der Waals surface area contributed by atoms with Crippen molar-refractivity contribution in [2.45, 2.75) is 12.8 Å². The molecule has 0 aliphatic heterocycles. The molecule has 0 bridgehead atoms. The van der Waals surface area contributed by atoms with E-state index in [1.165, 1.54) is 5.57 Å². The molecule has 4 N–H and O–H groups in total. The smallest absolute Gasteiger partial charge is 0.0999 e. The molecule has 0 aromatic rings. The Bertz CT molecular complexity index is 143. The molecule has 0 spiro atoms. The first-order chi connectivity index (χ1) is 4.88. The van der Waals surface area contributed by atoms with Crippen molar-refractivity contribution in [1.29, 1.82) is 0 Å². The van der Waals surface area contributed by atoms with Crippen LogP contribution in [0.4, 0.5) is 0 Å². The molecule has 0 aromatic heterocycles. The summed E-state index contributed by atoms with van der Waals surface area (Å²) >= 11 is 0. The Kier molecular flexibility index (Phi) is 2.71. The average molecular weight is 142 g/mol. The summed E-state index contributed by atoms with van der Waals surface area (Å²) in [5, 5.41) is 0. The lowest BCUT2D eigenvalue weighted by atomic mass is 10.3. The maximum atomic E-state index is 5.35. The Morgan fingerprint density at radius 2 is 2.10 bits per heavy atom. The normalized spacial score (nSPS) is 15.8. The fraction of sp³-hybridized carbons (Fsp3) is 0.714. The van der Waals surface area contributed by atoms with Crippen LogP contribution in [0, 0.1) is 0 Å². The molecule has 0 saturated heterocycles. The summed E-state index contributed by atoms with van der Waals surface area (Å²) in [6.07, 6.45) is 2.01. The van der Waals surface area contributed by atoms with E-state index in [0.29, 0.717) is 13.2 Å². The molecule has 0 radical (unpaired) electrons. The van der Waals surface area contributed by atoms with Gasteiger partial charge in [-0.05, 0) is 18.5 Å². The zero-order valence-electron chi connectivity index (χ0n) is 6.10. The van der Waals surface area contributed by atoms with Crippen LogP contribution in [0.3, 0.4) is 0 Å². The summed E-state index contributed by atoms with van der Waals surface area (Å²) in [6.45, 7) is 1.97. The van der Waals surface area contributed by atoms with Crippen molar-refractivity contribution in [3.8, 4) is 0 Å². The molecule has 1 aliphatic rings. The van der Waals surface area contributed by atoms with E-state index in [9.17, 15) is 0 Å². The third-order valence-electron chi connectivity index (χ3n) is 1.48. The Labute approximate surface area is 61.0 Å². The molecular formula is C7H14N2O. The lowest BCUT2D eigenvalue weighted by molar-refractivity contribution is 0.235. The molecule has 10 heavy (non-hydrogen) atoms. The highest BCUT2D eigenvalue weighted by Gasteiger charge is 2.21. The van der Waals surface area contributed by atoms with E-state index in [-0.39, 0.29) is 0 Å². The van der Waals surface area contributed by atoms with E-state index in [1.807, 2.05) is 0 Å². The van der Waals surface area contributed by atoms with Gasteiger partial charge in [-0.25, -0.2) is 0 Å². The van der Waals surface area contributed by atoms with Crippen molar-refractivity contribution in [3.63, 3.8) is 0 Å². The minimum absolute atomic E-state index is 0.597. The average Bonchev–Trinajstić information content (AvgIpc) is 2.65. The Morgan fingerprint density at radius 1 is 1.30 bits per heavy atom. The fourth-order valence-corrected chi connectivity index (χ4v) is 0.887. The van der Waals surface area contributed by atoms with Crippen LogP contribution in [-0.4, -0.2) is 19.7 Å². The first kappa shape index (κ1) is 7.57. The third-order valence-corrected chi connectivity index (χ3v) is 1.48. The highest BCUT2D eigenvalue weighted by Crippen LogP contribution is 2.33. The summed E-state index contributed by atoms with van der Waals surface area (Å²) in [7, 11) is 0. The predicted octanol–water partition coefficient (Wildman–Crippen LogP) is -0.0317. The van der Waals surface area contributed by atoms with Crippen molar-refractivity contribution in [1.82, 2.24) is 0 Å². The lowest BCUT2D eigenvalue weighted by Gasteiger charge is -1.94. The molecule has 0 heterocycles. The molecular weight excluding hydrogens is 128 g/mol. The van der Waals surface area contributed by atoms with Gasteiger partial charge in [-0.2, -0.15) is 0 Å². The maximum absolute atomic E-state index is 5.35. The number of hydrogen-bond acceptors (Lipinski definition) is 3. The lowest BCUT2D eigenvalue weighted by Crippen LogP contribution is -2.05. The minimum Gasteiger partial charge on any atom is -0.496 e. The van der Waals surface area contributed by atoms with Gasteiger partial charge in [-0.15, -0.1) is 0 Å². The first-order valence-electron chi connectivity index (χ1n) is 3.62. The number of hydrogen-bond donors (Lipinski definition) is 2. The molecule has 0 aromatic carbocycles. The van der Waals surface area contributed by atoms with Gasteiger partial charge in [0.05, 0.1) is 12.4 Å². The van der Waals surface area contributed by atoms with Gasteiger partial charge in [0.15, 0.2) is 0 Å². The summed E-state index contributed by atoms with van der Waals surface area (Å²) in [4.78, 5) is 0. The van der Waals surface area contributed by atoms with E-state index in [4.69, 9.17) is 16.2 Å². The van der Waals surface area contributed by atoms with Crippen molar-refractivity contribution in [2.75, 3.05) is 19.7 Å². The first-order valence-corrected chi connectivity index (χ1v) is 3.62. The summed E-state index contributed by atoms with van der Waals surface area (Å²) in [5.41, 5.74) is 12.0. The SMILES string of the molecule is NCCOC1=C(CCN)C1. The van der Waals surface area contributed by atoms with Gasteiger partial charge in [0.2, 0.25) is 0 Å². The molecule has 1 aliphatic carbocycles. The molecule has 0 fully saturated rings. The monoisotopic (exact) mass is 142 g/mol. The van der Waals surface area contributed by atoms with Crippen molar-refractivity contribution < 1.29 is 4.74 Å². The standard InChI is InChI=1S/C7H14N2O/c8-2-1-6-5-7(6)10-4-3-9/h1-5,8-9H2. The van der Waals surface area contributed by atoms with Crippen LogP contribution < -0.4 is 11.5 Å². The highest BCUT2D eigenvalue weighted by molar-refractivity contribution is 5.29. The quantitative estimate of drug-likeness (QED) is 0.566. The number of rotatable bonds is 5. The summed E-state index contributed by atoms with van der Waals surface area (Å²) in [6, 6.07) is 0. The van der Waals surface area contributed by atoms with E-state index < -0.39 is 0 Å². The topological polar surface area (TPSA) is 61.3 Å². The Balaban J connectivity index is 2.08. The van der Waals surface area contributed by atoms with Crippen LogP contribution in [-0.2, 0) is 4.74 Å². The van der Waals surface area contributed by atoms with Crippen LogP contribution in [0.2, 0.25) is 0 Å². The van der Waals surface area contributed by atoms with Gasteiger partial charge in [0.1, 0.15) is 0 Å². The third kappa shape index (κ3) is 2.01. The molecule has 0 atom stereocenters. The molecule has 3 heteroatoms. The van der Waals surface area contributed by atoms with Gasteiger partial charge in [-0.3, -0.25) is 0 Å².